The Bertz CT molecular complexity index is 674. The Hall–Kier alpha value is -2.17. The summed E-state index contributed by atoms with van der Waals surface area (Å²) < 4.78 is 0. The molecular formula is C18H21N3O. The first kappa shape index (κ1) is 14.8. The Balaban J connectivity index is 1.82. The first-order valence-corrected chi connectivity index (χ1v) is 7.39. The zero-order valence-corrected chi connectivity index (χ0v) is 13.1. The van der Waals surface area contributed by atoms with E-state index in [4.69, 9.17) is 0 Å². The molecule has 4 nitrogen and oxygen atoms in total. The van der Waals surface area contributed by atoms with E-state index in [9.17, 15) is 5.11 Å². The molecule has 0 aliphatic carbocycles. The van der Waals surface area contributed by atoms with Gasteiger partial charge in [-0.25, -0.2) is 4.98 Å². The highest BCUT2D eigenvalue weighted by molar-refractivity contribution is 5.45. The average molecular weight is 295 g/mol. The predicted molar refractivity (Wildman–Crippen MR) is 88.0 cm³/mol. The van der Waals surface area contributed by atoms with Gasteiger partial charge in [-0.3, -0.25) is 5.01 Å². The van der Waals surface area contributed by atoms with Gasteiger partial charge in [0.2, 0.25) is 0 Å². The predicted octanol–water partition coefficient (Wildman–Crippen LogP) is 3.06. The molecule has 1 aromatic carbocycles. The lowest BCUT2D eigenvalue weighted by molar-refractivity contribution is 0.0608. The van der Waals surface area contributed by atoms with Crippen LogP contribution in [-0.2, 0) is 11.1 Å². The van der Waals surface area contributed by atoms with Gasteiger partial charge in [0, 0.05) is 18.0 Å². The highest BCUT2D eigenvalue weighted by atomic mass is 16.3. The van der Waals surface area contributed by atoms with Crippen LogP contribution in [0.3, 0.4) is 0 Å². The van der Waals surface area contributed by atoms with Gasteiger partial charge < -0.3 is 5.11 Å². The molecule has 1 unspecified atom stereocenters. The molecule has 1 aliphatic rings. The number of hydrogen-bond donors (Lipinski definition) is 2. The monoisotopic (exact) mass is 295 g/mol. The molecule has 2 heterocycles. The van der Waals surface area contributed by atoms with E-state index in [0.717, 1.165) is 11.4 Å². The molecular weight excluding hydrogens is 274 g/mol. The minimum Gasteiger partial charge on any atom is -0.367 e. The topological polar surface area (TPSA) is 48.4 Å². The second-order valence-corrected chi connectivity index (χ2v) is 6.58. The fourth-order valence-corrected chi connectivity index (χ4v) is 2.46. The summed E-state index contributed by atoms with van der Waals surface area (Å²) in [5.74, 6) is 0.737. The van der Waals surface area contributed by atoms with Crippen LogP contribution in [0.5, 0.6) is 0 Å². The van der Waals surface area contributed by atoms with Crippen LogP contribution in [0, 0.1) is 0 Å². The van der Waals surface area contributed by atoms with E-state index in [1.54, 1.807) is 23.5 Å². The van der Waals surface area contributed by atoms with E-state index in [0.29, 0.717) is 0 Å². The number of aliphatic hydroxyl groups is 1. The molecule has 0 fully saturated rings. The fraction of sp³-hybridized carbons (Fsp3) is 0.278. The molecule has 3 rings (SSSR count). The van der Waals surface area contributed by atoms with E-state index >= 15 is 0 Å². The first-order chi connectivity index (χ1) is 10.4. The number of anilines is 1. The Kier molecular flexibility index (Phi) is 3.51. The summed E-state index contributed by atoms with van der Waals surface area (Å²) in [6, 6.07) is 13.7. The maximum atomic E-state index is 10.8. The van der Waals surface area contributed by atoms with Crippen molar-refractivity contribution in [2.45, 2.75) is 31.9 Å². The third kappa shape index (κ3) is 2.75. The minimum atomic E-state index is -1.21. The zero-order valence-electron chi connectivity index (χ0n) is 13.1. The van der Waals surface area contributed by atoms with Gasteiger partial charge in [-0.15, -0.1) is 0 Å². The van der Waals surface area contributed by atoms with Crippen molar-refractivity contribution < 1.29 is 5.11 Å². The van der Waals surface area contributed by atoms with Gasteiger partial charge in [0.25, 0.3) is 0 Å². The Morgan fingerprint density at radius 3 is 2.41 bits per heavy atom. The molecule has 1 atom stereocenters. The van der Waals surface area contributed by atoms with Crippen LogP contribution >= 0.6 is 0 Å². The summed E-state index contributed by atoms with van der Waals surface area (Å²) >= 11 is 0. The highest BCUT2D eigenvalue weighted by Crippen LogP contribution is 2.29. The number of nitrogens with one attached hydrogen (secondary N) is 1. The van der Waals surface area contributed by atoms with Gasteiger partial charge in [0.15, 0.2) is 5.72 Å². The number of nitrogens with zero attached hydrogens (tertiary/aromatic N) is 2. The minimum absolute atomic E-state index is 0.0973. The maximum Gasteiger partial charge on any atom is 0.180 e. The summed E-state index contributed by atoms with van der Waals surface area (Å²) in [5.41, 5.74) is 4.00. The van der Waals surface area contributed by atoms with Gasteiger partial charge in [0.1, 0.15) is 5.82 Å². The lowest BCUT2D eigenvalue weighted by Crippen LogP contribution is -2.44. The van der Waals surface area contributed by atoms with E-state index in [1.165, 1.54) is 5.56 Å². The maximum absolute atomic E-state index is 10.8. The second-order valence-electron chi connectivity index (χ2n) is 6.58. The summed E-state index contributed by atoms with van der Waals surface area (Å²) in [7, 11) is 0. The lowest BCUT2D eigenvalue weighted by Gasteiger charge is -2.27. The molecule has 114 valence electrons. The normalized spacial score (nSPS) is 21.4. The van der Waals surface area contributed by atoms with E-state index in [-0.39, 0.29) is 5.41 Å². The molecule has 1 aliphatic heterocycles. The van der Waals surface area contributed by atoms with Crippen molar-refractivity contribution in [1.82, 2.24) is 10.4 Å². The summed E-state index contributed by atoms with van der Waals surface area (Å²) in [5, 5.41) is 12.5. The SMILES string of the molecule is CC(C)(C)c1ccc(C2(O)C=CN(c3ccccn3)N2)cc1. The number of hydrogen-bond acceptors (Lipinski definition) is 4. The van der Waals surface area contributed by atoms with Crippen LogP contribution in [0.15, 0.2) is 60.9 Å². The average Bonchev–Trinajstić information content (AvgIpc) is 2.91. The van der Waals surface area contributed by atoms with Gasteiger partial charge in [-0.05, 0) is 29.2 Å². The van der Waals surface area contributed by atoms with Crippen LogP contribution in [-0.4, -0.2) is 10.1 Å². The standard InChI is InChI=1S/C18H21N3O/c1-17(2,3)14-7-9-15(10-8-14)18(22)11-13-21(20-18)16-6-4-5-12-19-16/h4-13,20,22H,1-3H3. The summed E-state index contributed by atoms with van der Waals surface area (Å²) in [6.07, 6.45) is 5.24. The van der Waals surface area contributed by atoms with Crippen molar-refractivity contribution in [3.8, 4) is 0 Å². The molecule has 2 aromatic rings. The molecule has 0 saturated carbocycles. The van der Waals surface area contributed by atoms with Crippen LogP contribution in [0.4, 0.5) is 5.82 Å². The first-order valence-electron chi connectivity index (χ1n) is 7.39. The smallest absolute Gasteiger partial charge is 0.180 e. The third-order valence-corrected chi connectivity index (χ3v) is 3.84. The van der Waals surface area contributed by atoms with Gasteiger partial charge >= 0.3 is 0 Å². The van der Waals surface area contributed by atoms with Crippen LogP contribution in [0.25, 0.3) is 0 Å². The van der Waals surface area contributed by atoms with Crippen LogP contribution in [0.1, 0.15) is 31.9 Å². The van der Waals surface area contributed by atoms with Gasteiger partial charge in [0.05, 0.1) is 0 Å². The molecule has 0 radical (unpaired) electrons. The number of pyridine rings is 1. The zero-order chi connectivity index (χ0) is 15.8. The Morgan fingerprint density at radius 1 is 1.09 bits per heavy atom. The van der Waals surface area contributed by atoms with Gasteiger partial charge in [-0.1, -0.05) is 51.1 Å². The van der Waals surface area contributed by atoms with Crippen molar-refractivity contribution in [1.29, 1.82) is 0 Å². The molecule has 4 heteroatoms. The molecule has 22 heavy (non-hydrogen) atoms. The van der Waals surface area contributed by atoms with Crippen LogP contribution in [0.2, 0.25) is 0 Å². The number of aromatic nitrogens is 1. The van der Waals surface area contributed by atoms with Crippen molar-refractivity contribution in [3.05, 3.63) is 72.1 Å². The quantitative estimate of drug-likeness (QED) is 0.894. The second kappa shape index (κ2) is 5.23. The lowest BCUT2D eigenvalue weighted by atomic mass is 9.86. The molecule has 1 aromatic heterocycles. The Labute approximate surface area is 131 Å². The van der Waals surface area contributed by atoms with Gasteiger partial charge in [-0.2, -0.15) is 5.43 Å². The van der Waals surface area contributed by atoms with Crippen molar-refractivity contribution in [2.24, 2.45) is 0 Å². The van der Waals surface area contributed by atoms with Crippen molar-refractivity contribution >= 4 is 5.82 Å². The van der Waals surface area contributed by atoms with Crippen LogP contribution < -0.4 is 10.4 Å². The molecule has 0 spiro atoms. The largest absolute Gasteiger partial charge is 0.367 e. The summed E-state index contributed by atoms with van der Waals surface area (Å²) in [4.78, 5) is 4.27. The Morgan fingerprint density at radius 2 is 1.82 bits per heavy atom. The fourth-order valence-electron chi connectivity index (χ4n) is 2.46. The molecule has 0 amide bonds. The van der Waals surface area contributed by atoms with Crippen molar-refractivity contribution in [2.75, 3.05) is 5.01 Å². The molecule has 0 bridgehead atoms. The van der Waals surface area contributed by atoms with Crippen molar-refractivity contribution in [3.63, 3.8) is 0 Å². The van der Waals surface area contributed by atoms with E-state index in [1.807, 2.05) is 30.3 Å². The summed E-state index contributed by atoms with van der Waals surface area (Å²) in [6.45, 7) is 6.52. The molecule has 0 saturated heterocycles. The number of rotatable bonds is 2. The number of benzene rings is 1. The van der Waals surface area contributed by atoms with E-state index in [2.05, 4.69) is 43.3 Å². The molecule has 2 N–H and O–H groups in total. The number of hydrazine groups is 1. The third-order valence-electron chi connectivity index (χ3n) is 3.84. The van der Waals surface area contributed by atoms with E-state index < -0.39 is 5.72 Å². The highest BCUT2D eigenvalue weighted by Gasteiger charge is 2.33.